The molecule has 17 heteroatoms. The van der Waals surface area contributed by atoms with Gasteiger partial charge in [0.2, 0.25) is 23.3 Å². The Morgan fingerprint density at radius 2 is 0.851 bits per heavy atom. The molecule has 2 aliphatic heterocycles. The van der Waals surface area contributed by atoms with E-state index in [0.29, 0.717) is 17.9 Å². The SMILES string of the molecule is CCN1B(c2ccc(B3N(c4c(F)c(F)nc(F)c4F)c4ccccc4N3c3c(F)c(F)nc(F)c3F)s2)N(CC)c2ccccc21. The maximum atomic E-state index is 15.5. The van der Waals surface area contributed by atoms with Crippen molar-refractivity contribution in [3.63, 3.8) is 0 Å². The van der Waals surface area contributed by atoms with Crippen LogP contribution >= 0.6 is 11.3 Å². The Kier molecular flexibility index (Phi) is 7.53. The monoisotopic (exact) mass is 670 g/mol. The minimum absolute atomic E-state index is 0.159. The lowest BCUT2D eigenvalue weighted by Crippen LogP contribution is -2.56. The molecule has 0 bridgehead atoms. The highest BCUT2D eigenvalue weighted by Crippen LogP contribution is 2.49. The molecule has 0 spiro atoms. The minimum atomic E-state index is -1.97. The highest BCUT2D eigenvalue weighted by Gasteiger charge is 2.50. The van der Waals surface area contributed by atoms with Gasteiger partial charge in [-0.2, -0.15) is 56.4 Å². The number of halogens is 8. The molecule has 238 valence electrons. The van der Waals surface area contributed by atoms with Crippen LogP contribution in [0.4, 0.5) is 69.2 Å². The average molecular weight is 670 g/mol. The van der Waals surface area contributed by atoms with E-state index in [4.69, 9.17) is 0 Å². The van der Waals surface area contributed by atoms with Crippen LogP contribution in [0.5, 0.6) is 0 Å². The fourth-order valence-electron chi connectivity index (χ4n) is 6.39. The fraction of sp³-hybridized carbons (Fsp3) is 0.133. The van der Waals surface area contributed by atoms with Crippen molar-refractivity contribution in [3.05, 3.63) is 108 Å². The van der Waals surface area contributed by atoms with Crippen LogP contribution in [-0.4, -0.2) is 37.0 Å². The van der Waals surface area contributed by atoms with Crippen LogP contribution in [0, 0.1) is 47.1 Å². The first kappa shape index (κ1) is 30.8. The molecule has 0 saturated carbocycles. The van der Waals surface area contributed by atoms with E-state index in [-0.39, 0.29) is 23.1 Å². The molecule has 0 aliphatic carbocycles. The first-order valence-electron chi connectivity index (χ1n) is 14.4. The Morgan fingerprint density at radius 1 is 0.511 bits per heavy atom. The van der Waals surface area contributed by atoms with E-state index < -0.39 is 65.4 Å². The molecule has 47 heavy (non-hydrogen) atoms. The van der Waals surface area contributed by atoms with Gasteiger partial charge in [0.15, 0.2) is 0 Å². The van der Waals surface area contributed by atoms with E-state index in [9.17, 15) is 17.6 Å². The van der Waals surface area contributed by atoms with Crippen LogP contribution in [0.3, 0.4) is 0 Å². The second kappa shape index (κ2) is 11.5. The third-order valence-electron chi connectivity index (χ3n) is 8.25. The summed E-state index contributed by atoms with van der Waals surface area (Å²) in [6.45, 7) is 3.00. The van der Waals surface area contributed by atoms with Crippen LogP contribution in [0.25, 0.3) is 0 Å². The van der Waals surface area contributed by atoms with Gasteiger partial charge in [-0.15, -0.1) is 0 Å². The molecular formula is C30H20B2F8N6S. The highest BCUT2D eigenvalue weighted by molar-refractivity contribution is 7.33. The molecule has 3 aromatic heterocycles. The van der Waals surface area contributed by atoms with Gasteiger partial charge >= 0.3 is 14.0 Å². The Labute approximate surface area is 267 Å². The first-order chi connectivity index (χ1) is 22.6. The molecular weight excluding hydrogens is 650 g/mol. The summed E-state index contributed by atoms with van der Waals surface area (Å²) in [5.74, 6) is -15.5. The van der Waals surface area contributed by atoms with E-state index in [1.165, 1.54) is 30.3 Å². The van der Waals surface area contributed by atoms with Crippen LogP contribution in [-0.2, 0) is 0 Å². The minimum Gasteiger partial charge on any atom is -0.390 e. The van der Waals surface area contributed by atoms with Crippen molar-refractivity contribution in [2.24, 2.45) is 0 Å². The number of aromatic nitrogens is 2. The van der Waals surface area contributed by atoms with Crippen LogP contribution < -0.4 is 28.8 Å². The van der Waals surface area contributed by atoms with E-state index >= 15 is 17.6 Å². The number of rotatable bonds is 6. The van der Waals surface area contributed by atoms with Gasteiger partial charge in [0.1, 0.15) is 11.4 Å². The smallest absolute Gasteiger partial charge is 0.390 e. The number of hydrogen-bond acceptors (Lipinski definition) is 7. The standard InChI is InChI=1S/C30H20B2F8N6S/c1-3-43-15-9-5-6-10-16(15)44(4-2)31(43)19-13-14-20(47-19)32-45(25-21(33)27(37)41-28(38)22(25)34)17-11-7-8-12-18(17)46(32)26-23(35)29(39)42-30(40)24(26)36/h5-14H,3-4H2,1-2H3. The van der Waals surface area contributed by atoms with Crippen molar-refractivity contribution in [3.8, 4) is 0 Å². The summed E-state index contributed by atoms with van der Waals surface area (Å²) in [6, 6.07) is 16.3. The third kappa shape index (κ3) is 4.53. The number of fused-ring (bicyclic) bond motifs is 2. The molecule has 0 atom stereocenters. The second-order valence-corrected chi connectivity index (χ2v) is 11.8. The summed E-state index contributed by atoms with van der Waals surface area (Å²) in [6.07, 6.45) is 0. The molecule has 0 saturated heterocycles. The molecule has 5 heterocycles. The Balaban J connectivity index is 1.48. The zero-order chi connectivity index (χ0) is 33.3. The van der Waals surface area contributed by atoms with E-state index in [0.717, 1.165) is 32.3 Å². The second-order valence-electron chi connectivity index (χ2n) is 10.6. The summed E-state index contributed by atoms with van der Waals surface area (Å²) in [7, 11) is 0. The van der Waals surface area contributed by atoms with Gasteiger partial charge in [-0.05, 0) is 38.1 Å². The first-order valence-corrected chi connectivity index (χ1v) is 15.2. The van der Waals surface area contributed by atoms with Gasteiger partial charge < -0.3 is 19.2 Å². The quantitative estimate of drug-likeness (QED) is 0.118. The largest absolute Gasteiger partial charge is 0.431 e. The van der Waals surface area contributed by atoms with Gasteiger partial charge in [-0.1, -0.05) is 36.4 Å². The summed E-state index contributed by atoms with van der Waals surface area (Å²) < 4.78 is 121. The van der Waals surface area contributed by atoms with E-state index in [2.05, 4.69) is 19.6 Å². The van der Waals surface area contributed by atoms with Crippen LogP contribution in [0.15, 0.2) is 60.7 Å². The Morgan fingerprint density at radius 3 is 1.21 bits per heavy atom. The zero-order valence-corrected chi connectivity index (χ0v) is 25.3. The molecule has 6 nitrogen and oxygen atoms in total. The fourth-order valence-corrected chi connectivity index (χ4v) is 7.61. The maximum absolute atomic E-state index is 15.5. The normalized spacial score (nSPS) is 14.1. The Hall–Kier alpha value is -4.79. The van der Waals surface area contributed by atoms with Gasteiger partial charge in [-0.3, -0.25) is 0 Å². The number of thiophene rings is 1. The van der Waals surface area contributed by atoms with Crippen molar-refractivity contribution >= 4 is 69.0 Å². The van der Waals surface area contributed by atoms with Crippen molar-refractivity contribution in [2.45, 2.75) is 13.8 Å². The number of hydrogen-bond donors (Lipinski definition) is 0. The lowest BCUT2D eigenvalue weighted by molar-refractivity contribution is 0.409. The lowest BCUT2D eigenvalue weighted by atomic mass is 9.69. The summed E-state index contributed by atoms with van der Waals surface area (Å²) >= 11 is 1.08. The van der Waals surface area contributed by atoms with E-state index in [1.807, 2.05) is 38.1 Å². The molecule has 2 aliphatic rings. The Bertz CT molecular complexity index is 1880. The lowest BCUT2D eigenvalue weighted by Gasteiger charge is -2.30. The van der Waals surface area contributed by atoms with Crippen molar-refractivity contribution in [2.75, 3.05) is 32.3 Å². The van der Waals surface area contributed by atoms with Crippen molar-refractivity contribution < 1.29 is 35.1 Å². The van der Waals surface area contributed by atoms with Crippen LogP contribution in [0.1, 0.15) is 13.8 Å². The van der Waals surface area contributed by atoms with Gasteiger partial charge in [0.05, 0.1) is 11.4 Å². The van der Waals surface area contributed by atoms with Gasteiger partial charge in [0, 0.05) is 34.0 Å². The third-order valence-corrected chi connectivity index (χ3v) is 9.41. The summed E-state index contributed by atoms with van der Waals surface area (Å²) in [5, 5.41) is 0. The number of nitrogens with zero attached hydrogens (tertiary/aromatic N) is 6. The van der Waals surface area contributed by atoms with Crippen LogP contribution in [0.2, 0.25) is 0 Å². The number of anilines is 6. The summed E-state index contributed by atoms with van der Waals surface area (Å²) in [4.78, 5) is 11.1. The van der Waals surface area contributed by atoms with Gasteiger partial charge in [-0.25, -0.2) is 0 Å². The number of benzene rings is 2. The maximum Gasteiger partial charge on any atom is 0.431 e. The molecule has 0 unspecified atom stereocenters. The molecule has 5 aromatic rings. The highest BCUT2D eigenvalue weighted by atomic mass is 32.1. The topological polar surface area (TPSA) is 38.7 Å². The average Bonchev–Trinajstić information content (AvgIpc) is 3.76. The van der Waals surface area contributed by atoms with Crippen molar-refractivity contribution in [1.29, 1.82) is 0 Å². The predicted octanol–water partition coefficient (Wildman–Crippen LogP) is 6.40. The van der Waals surface area contributed by atoms with E-state index in [1.54, 1.807) is 6.07 Å². The molecule has 7 rings (SSSR count). The molecule has 0 amide bonds. The number of pyridine rings is 2. The van der Waals surface area contributed by atoms with Gasteiger partial charge in [0.25, 0.3) is 23.8 Å². The van der Waals surface area contributed by atoms with Crippen molar-refractivity contribution in [1.82, 2.24) is 9.97 Å². The predicted molar refractivity (Wildman–Crippen MR) is 166 cm³/mol. The summed E-state index contributed by atoms with van der Waals surface area (Å²) in [5.41, 5.74) is -0.978. The molecule has 0 radical (unpaired) electrons. The molecule has 0 fully saturated rings. The molecule has 0 N–H and O–H groups in total. The number of para-hydroxylation sites is 4. The zero-order valence-electron chi connectivity index (χ0n) is 24.5. The molecule has 2 aromatic carbocycles.